The number of amidine groups is 1. The van der Waals surface area contributed by atoms with Crippen molar-refractivity contribution in [2.45, 2.75) is 32.7 Å². The number of hydrogen-bond donors (Lipinski definition) is 2. The molecule has 3 rings (SSSR count). The standard InChI is InChI=1S/C26H34N4O6S.BrH/c1-26(2,3)19-12-22(35-7)23(36-37(8,33)34)11-17(19)21(31)14-30-13-15-9-20(29(5)6)18(25(32)28-4)10-16(15)24(30)27;/h9-12,27H,13-14H2,1-8H3,(H,28,32);1H. The molecule has 0 bridgehead atoms. The first-order valence-electron chi connectivity index (χ1n) is 11.6. The maximum absolute atomic E-state index is 13.6. The number of benzene rings is 2. The zero-order valence-electron chi connectivity index (χ0n) is 22.9. The number of nitrogens with zero attached hydrogens (tertiary/aromatic N) is 2. The number of fused-ring (bicyclic) bond motifs is 1. The first-order chi connectivity index (χ1) is 17.1. The maximum Gasteiger partial charge on any atom is 0.306 e. The van der Waals surface area contributed by atoms with Gasteiger partial charge in [0.25, 0.3) is 5.91 Å². The molecule has 38 heavy (non-hydrogen) atoms. The average Bonchev–Trinajstić information content (AvgIpc) is 3.09. The van der Waals surface area contributed by atoms with E-state index in [2.05, 4.69) is 5.32 Å². The van der Waals surface area contributed by atoms with Gasteiger partial charge >= 0.3 is 10.1 Å². The summed E-state index contributed by atoms with van der Waals surface area (Å²) in [6.45, 7) is 6.02. The number of carbonyl (C=O) groups is 2. The number of hydrogen-bond acceptors (Lipinski definition) is 8. The largest absolute Gasteiger partial charge is 0.493 e. The third-order valence-corrected chi connectivity index (χ3v) is 6.58. The summed E-state index contributed by atoms with van der Waals surface area (Å²) in [5.74, 6) is -0.307. The molecule has 0 spiro atoms. The number of halogens is 1. The lowest BCUT2D eigenvalue weighted by atomic mass is 9.82. The Morgan fingerprint density at radius 1 is 1.11 bits per heavy atom. The number of amides is 1. The number of ketones is 1. The SMILES string of the molecule is Br.CNC(=O)c1cc2c(cc1N(C)C)CN(CC(=O)c1cc(OS(C)(=O)=O)c(OC)cc1C(C)(C)C)C2=N. The van der Waals surface area contributed by atoms with Gasteiger partial charge in [-0.3, -0.25) is 15.0 Å². The highest BCUT2D eigenvalue weighted by Crippen LogP contribution is 2.38. The Balaban J connectivity index is 0.00000507. The summed E-state index contributed by atoms with van der Waals surface area (Å²) in [6, 6.07) is 6.56. The molecule has 0 radical (unpaired) electrons. The highest BCUT2D eigenvalue weighted by molar-refractivity contribution is 8.93. The predicted molar refractivity (Wildman–Crippen MR) is 153 cm³/mol. The second kappa shape index (κ2) is 11.3. The summed E-state index contributed by atoms with van der Waals surface area (Å²) in [4.78, 5) is 29.6. The fourth-order valence-electron chi connectivity index (χ4n) is 4.32. The summed E-state index contributed by atoms with van der Waals surface area (Å²) in [5, 5.41) is 11.4. The second-order valence-corrected chi connectivity index (χ2v) is 11.8. The van der Waals surface area contributed by atoms with Crippen LogP contribution in [0.3, 0.4) is 0 Å². The van der Waals surface area contributed by atoms with Gasteiger partial charge in [0.1, 0.15) is 5.84 Å². The highest BCUT2D eigenvalue weighted by Gasteiger charge is 2.31. The van der Waals surface area contributed by atoms with Crippen LogP contribution >= 0.6 is 17.0 Å². The zero-order valence-corrected chi connectivity index (χ0v) is 25.4. The molecule has 2 N–H and O–H groups in total. The van der Waals surface area contributed by atoms with E-state index in [1.807, 2.05) is 45.8 Å². The molecular weight excluding hydrogens is 576 g/mol. The van der Waals surface area contributed by atoms with Gasteiger partial charge in [0, 0.05) is 44.5 Å². The number of anilines is 1. The van der Waals surface area contributed by atoms with E-state index in [1.54, 1.807) is 24.1 Å². The maximum atomic E-state index is 13.6. The van der Waals surface area contributed by atoms with Gasteiger partial charge in [-0.2, -0.15) is 8.42 Å². The lowest BCUT2D eigenvalue weighted by Crippen LogP contribution is -2.31. The lowest BCUT2D eigenvalue weighted by Gasteiger charge is -2.25. The molecule has 0 atom stereocenters. The van der Waals surface area contributed by atoms with Crippen LogP contribution in [0.15, 0.2) is 24.3 Å². The Hall–Kier alpha value is -3.12. The van der Waals surface area contributed by atoms with E-state index in [0.717, 1.165) is 11.8 Å². The van der Waals surface area contributed by atoms with Crippen molar-refractivity contribution < 1.29 is 26.9 Å². The van der Waals surface area contributed by atoms with E-state index in [-0.39, 0.29) is 58.1 Å². The molecule has 0 saturated carbocycles. The molecule has 208 valence electrons. The van der Waals surface area contributed by atoms with E-state index in [1.165, 1.54) is 13.2 Å². The normalized spacial score (nSPS) is 12.9. The zero-order chi connectivity index (χ0) is 27.9. The molecular formula is C26H35BrN4O6S. The summed E-state index contributed by atoms with van der Waals surface area (Å²) in [5.41, 5.74) is 3.06. The van der Waals surface area contributed by atoms with Crippen LogP contribution < -0.4 is 19.1 Å². The van der Waals surface area contributed by atoms with Crippen molar-refractivity contribution in [3.05, 3.63) is 52.1 Å². The second-order valence-electron chi connectivity index (χ2n) is 10.2. The molecule has 0 fully saturated rings. The van der Waals surface area contributed by atoms with Gasteiger partial charge in [0.15, 0.2) is 17.3 Å². The molecule has 2 aromatic rings. The van der Waals surface area contributed by atoms with Gasteiger partial charge in [0.2, 0.25) is 0 Å². The molecule has 10 nitrogen and oxygen atoms in total. The lowest BCUT2D eigenvalue weighted by molar-refractivity contribution is 0.0954. The molecule has 12 heteroatoms. The highest BCUT2D eigenvalue weighted by atomic mass is 79.9. The number of Topliss-reactive ketones (excluding diaryl/α,β-unsaturated/α-hetero) is 1. The molecule has 1 heterocycles. The van der Waals surface area contributed by atoms with E-state index in [4.69, 9.17) is 14.3 Å². The minimum Gasteiger partial charge on any atom is -0.493 e. The van der Waals surface area contributed by atoms with Crippen molar-refractivity contribution in [3.8, 4) is 11.5 Å². The third-order valence-electron chi connectivity index (χ3n) is 6.10. The first-order valence-corrected chi connectivity index (χ1v) is 13.4. The van der Waals surface area contributed by atoms with Crippen molar-refractivity contribution in [2.24, 2.45) is 0 Å². The van der Waals surface area contributed by atoms with Gasteiger partial charge in [0.05, 0.1) is 25.5 Å². The van der Waals surface area contributed by atoms with Crippen LogP contribution in [0.25, 0.3) is 0 Å². The van der Waals surface area contributed by atoms with E-state index >= 15 is 0 Å². The molecule has 0 saturated heterocycles. The molecule has 2 aromatic carbocycles. The number of carbonyl (C=O) groups excluding carboxylic acids is 2. The molecule has 1 aliphatic rings. The molecule has 0 aliphatic carbocycles. The predicted octanol–water partition coefficient (Wildman–Crippen LogP) is 3.36. The van der Waals surface area contributed by atoms with Gasteiger partial charge in [-0.05, 0) is 40.8 Å². The first kappa shape index (κ1) is 31.1. The van der Waals surface area contributed by atoms with E-state index in [9.17, 15) is 18.0 Å². The molecule has 0 unspecified atom stereocenters. The molecule has 0 aromatic heterocycles. The van der Waals surface area contributed by atoms with Gasteiger partial charge < -0.3 is 24.0 Å². The Kier molecular flexibility index (Phi) is 9.27. The molecule has 1 amide bonds. The number of rotatable bonds is 8. The molecule has 1 aliphatic heterocycles. The van der Waals surface area contributed by atoms with Crippen LogP contribution in [0.4, 0.5) is 5.69 Å². The van der Waals surface area contributed by atoms with Crippen molar-refractivity contribution in [1.29, 1.82) is 5.41 Å². The van der Waals surface area contributed by atoms with Crippen molar-refractivity contribution >= 4 is 50.3 Å². The fraction of sp³-hybridized carbons (Fsp3) is 0.423. The summed E-state index contributed by atoms with van der Waals surface area (Å²) < 4.78 is 34.1. The van der Waals surface area contributed by atoms with Gasteiger partial charge in [-0.25, -0.2) is 0 Å². The van der Waals surface area contributed by atoms with E-state index < -0.39 is 15.5 Å². The van der Waals surface area contributed by atoms with Gasteiger partial charge in [-0.1, -0.05) is 20.8 Å². The topological polar surface area (TPSA) is 129 Å². The summed E-state index contributed by atoms with van der Waals surface area (Å²) in [7, 11) is 2.76. The van der Waals surface area contributed by atoms with Gasteiger partial charge in [-0.15, -0.1) is 17.0 Å². The van der Waals surface area contributed by atoms with Crippen LogP contribution in [0.2, 0.25) is 0 Å². The Labute approximate surface area is 234 Å². The van der Waals surface area contributed by atoms with Crippen molar-refractivity contribution in [3.63, 3.8) is 0 Å². The Morgan fingerprint density at radius 3 is 2.24 bits per heavy atom. The summed E-state index contributed by atoms with van der Waals surface area (Å²) in [6.07, 6.45) is 0.920. The monoisotopic (exact) mass is 610 g/mol. The Morgan fingerprint density at radius 2 is 1.74 bits per heavy atom. The summed E-state index contributed by atoms with van der Waals surface area (Å²) >= 11 is 0. The number of methoxy groups -OCH3 is 1. The van der Waals surface area contributed by atoms with Crippen LogP contribution in [0.1, 0.15) is 58.2 Å². The van der Waals surface area contributed by atoms with Crippen molar-refractivity contribution in [1.82, 2.24) is 10.2 Å². The minimum absolute atomic E-state index is 0. The smallest absolute Gasteiger partial charge is 0.306 e. The van der Waals surface area contributed by atoms with Crippen LogP contribution in [-0.2, 0) is 22.1 Å². The Bertz CT molecular complexity index is 1380. The van der Waals surface area contributed by atoms with Crippen LogP contribution in [0, 0.1) is 5.41 Å². The average molecular weight is 612 g/mol. The van der Waals surface area contributed by atoms with Crippen molar-refractivity contribution in [2.75, 3.05) is 46.0 Å². The fourth-order valence-corrected chi connectivity index (χ4v) is 4.77. The number of nitrogens with one attached hydrogen (secondary N) is 2. The van der Waals surface area contributed by atoms with Crippen LogP contribution in [-0.4, -0.2) is 71.9 Å². The minimum atomic E-state index is -3.87. The van der Waals surface area contributed by atoms with Crippen LogP contribution in [0.5, 0.6) is 11.5 Å². The third kappa shape index (κ3) is 6.47. The quantitative estimate of drug-likeness (QED) is 0.344. The van der Waals surface area contributed by atoms with E-state index in [0.29, 0.717) is 28.9 Å². The number of ether oxygens (including phenoxy) is 1.